The summed E-state index contributed by atoms with van der Waals surface area (Å²) in [6.45, 7) is 1.88. The van der Waals surface area contributed by atoms with E-state index in [0.717, 1.165) is 17.8 Å². The van der Waals surface area contributed by atoms with Crippen molar-refractivity contribution < 1.29 is 22.7 Å². The number of imidazole rings is 1. The molecule has 0 aliphatic rings. The van der Waals surface area contributed by atoms with Crippen molar-refractivity contribution in [2.24, 2.45) is 0 Å². The molecule has 0 spiro atoms. The number of hydrogen-bond donors (Lipinski definition) is 2. The Labute approximate surface area is 150 Å². The normalized spacial score (nSPS) is 11.5. The summed E-state index contributed by atoms with van der Waals surface area (Å²) in [5.74, 6) is 0.142. The summed E-state index contributed by atoms with van der Waals surface area (Å²) in [5.41, 5.74) is 0.0934. The van der Waals surface area contributed by atoms with Crippen LogP contribution in [0.2, 0.25) is 0 Å². The minimum absolute atomic E-state index is 0.0746. The van der Waals surface area contributed by atoms with Gasteiger partial charge in [-0.1, -0.05) is 23.9 Å². The van der Waals surface area contributed by atoms with E-state index in [1.807, 2.05) is 0 Å². The summed E-state index contributed by atoms with van der Waals surface area (Å²) in [7, 11) is 0. The van der Waals surface area contributed by atoms with Crippen LogP contribution in [0.5, 0.6) is 0 Å². The van der Waals surface area contributed by atoms with E-state index in [2.05, 4.69) is 20.3 Å². The van der Waals surface area contributed by atoms with Gasteiger partial charge in [0.25, 0.3) is 0 Å². The molecule has 3 aromatic rings. The van der Waals surface area contributed by atoms with Crippen LogP contribution in [0, 0.1) is 0 Å². The fraction of sp³-hybridized carbons (Fsp3) is 0.188. The monoisotopic (exact) mass is 382 g/mol. The number of ether oxygens (including phenoxy) is 1. The second-order valence-electron chi connectivity index (χ2n) is 5.07. The Kier molecular flexibility index (Phi) is 5.03. The van der Waals surface area contributed by atoms with Crippen molar-refractivity contribution in [3.8, 4) is 0 Å². The van der Waals surface area contributed by atoms with E-state index in [0.29, 0.717) is 16.1 Å². The topological polar surface area (TPSA) is 79.9 Å². The summed E-state index contributed by atoms with van der Waals surface area (Å²) in [6.07, 6.45) is -3.68. The van der Waals surface area contributed by atoms with Crippen LogP contribution in [0.3, 0.4) is 0 Å². The number of carbonyl (C=O) groups is 1. The summed E-state index contributed by atoms with van der Waals surface area (Å²) in [5, 5.41) is 2.41. The molecule has 0 saturated heterocycles. The van der Waals surface area contributed by atoms with E-state index in [1.54, 1.807) is 19.1 Å². The maximum atomic E-state index is 13.1. The zero-order chi connectivity index (χ0) is 18.7. The van der Waals surface area contributed by atoms with Gasteiger partial charge in [0.15, 0.2) is 5.65 Å². The number of nitrogens with zero attached hydrogens (tertiary/aromatic N) is 2. The Morgan fingerprint density at radius 1 is 1.35 bits per heavy atom. The number of carbonyl (C=O) groups excluding carboxylic acids is 1. The second-order valence-corrected chi connectivity index (χ2v) is 6.18. The van der Waals surface area contributed by atoms with Crippen LogP contribution in [-0.4, -0.2) is 27.7 Å². The first-order valence-corrected chi connectivity index (χ1v) is 8.32. The third-order valence-electron chi connectivity index (χ3n) is 3.23. The number of rotatable bonds is 4. The van der Waals surface area contributed by atoms with Crippen LogP contribution in [0.25, 0.3) is 11.2 Å². The van der Waals surface area contributed by atoms with E-state index in [-0.39, 0.29) is 17.5 Å². The molecule has 0 aliphatic carbocycles. The zero-order valence-electron chi connectivity index (χ0n) is 13.4. The lowest BCUT2D eigenvalue weighted by Crippen LogP contribution is -2.14. The minimum Gasteiger partial charge on any atom is -0.450 e. The van der Waals surface area contributed by atoms with Gasteiger partial charge in [-0.3, -0.25) is 5.32 Å². The Bertz CT molecular complexity index is 943. The third kappa shape index (κ3) is 4.07. The lowest BCUT2D eigenvalue weighted by molar-refractivity contribution is -0.139. The highest BCUT2D eigenvalue weighted by Crippen LogP contribution is 2.39. The SMILES string of the molecule is CCOC(=O)Nc1nc2ncc(Sc3ccccc3C(F)(F)F)cc2[nH]1. The van der Waals surface area contributed by atoms with Crippen LogP contribution in [0.4, 0.5) is 23.9 Å². The van der Waals surface area contributed by atoms with Crippen molar-refractivity contribution in [1.82, 2.24) is 15.0 Å². The predicted molar refractivity (Wildman–Crippen MR) is 90.1 cm³/mol. The number of fused-ring (bicyclic) bond motifs is 1. The number of aromatic nitrogens is 3. The zero-order valence-corrected chi connectivity index (χ0v) is 14.2. The van der Waals surface area contributed by atoms with E-state index < -0.39 is 17.8 Å². The highest BCUT2D eigenvalue weighted by molar-refractivity contribution is 7.99. The number of nitrogens with one attached hydrogen (secondary N) is 2. The molecular weight excluding hydrogens is 369 g/mol. The second kappa shape index (κ2) is 7.24. The van der Waals surface area contributed by atoms with E-state index >= 15 is 0 Å². The van der Waals surface area contributed by atoms with Gasteiger partial charge in [0.05, 0.1) is 17.7 Å². The van der Waals surface area contributed by atoms with Gasteiger partial charge in [-0.05, 0) is 25.1 Å². The summed E-state index contributed by atoms with van der Waals surface area (Å²) >= 11 is 0.945. The molecule has 2 N–H and O–H groups in total. The van der Waals surface area contributed by atoms with E-state index in [1.165, 1.54) is 18.3 Å². The number of hydrogen-bond acceptors (Lipinski definition) is 5. The average molecular weight is 382 g/mol. The van der Waals surface area contributed by atoms with Gasteiger partial charge in [-0.15, -0.1) is 0 Å². The van der Waals surface area contributed by atoms with Gasteiger partial charge in [0.1, 0.15) is 0 Å². The van der Waals surface area contributed by atoms with E-state index in [9.17, 15) is 18.0 Å². The molecule has 6 nitrogen and oxygen atoms in total. The Morgan fingerprint density at radius 2 is 2.12 bits per heavy atom. The standard InChI is InChI=1S/C16H13F3N4O2S/c1-2-25-15(24)23-14-21-11-7-9(8-20-13(11)22-14)26-12-6-4-3-5-10(12)16(17,18)19/h3-8H,2H2,1H3,(H2,20,21,22,23,24). The molecule has 0 bridgehead atoms. The molecule has 0 aliphatic heterocycles. The van der Waals surface area contributed by atoms with Crippen molar-refractivity contribution in [2.45, 2.75) is 22.9 Å². The minimum atomic E-state index is -4.44. The van der Waals surface area contributed by atoms with Crippen LogP contribution in [0.1, 0.15) is 12.5 Å². The van der Waals surface area contributed by atoms with Crippen LogP contribution in [-0.2, 0) is 10.9 Å². The highest BCUT2D eigenvalue weighted by Gasteiger charge is 2.33. The van der Waals surface area contributed by atoms with Crippen molar-refractivity contribution in [3.05, 3.63) is 42.1 Å². The van der Waals surface area contributed by atoms with Crippen LogP contribution < -0.4 is 5.32 Å². The van der Waals surface area contributed by atoms with Gasteiger partial charge in [0, 0.05) is 16.0 Å². The number of amides is 1. The largest absolute Gasteiger partial charge is 0.450 e. The van der Waals surface area contributed by atoms with Crippen molar-refractivity contribution in [1.29, 1.82) is 0 Å². The molecule has 10 heteroatoms. The lowest BCUT2D eigenvalue weighted by atomic mass is 10.2. The lowest BCUT2D eigenvalue weighted by Gasteiger charge is -2.11. The average Bonchev–Trinajstić information content (AvgIpc) is 2.96. The maximum Gasteiger partial charge on any atom is 0.417 e. The van der Waals surface area contributed by atoms with Gasteiger partial charge in [0.2, 0.25) is 5.95 Å². The molecule has 0 radical (unpaired) electrons. The fourth-order valence-electron chi connectivity index (χ4n) is 2.18. The number of alkyl halides is 3. The predicted octanol–water partition coefficient (Wildman–Crippen LogP) is 4.70. The summed E-state index contributed by atoms with van der Waals surface area (Å²) in [6, 6.07) is 6.94. The fourth-order valence-corrected chi connectivity index (χ4v) is 3.15. The molecule has 0 fully saturated rings. The van der Waals surface area contributed by atoms with Crippen LogP contribution >= 0.6 is 11.8 Å². The first-order chi connectivity index (χ1) is 12.4. The number of aromatic amines is 1. The molecule has 0 saturated carbocycles. The molecule has 2 aromatic heterocycles. The molecule has 0 atom stereocenters. The number of benzene rings is 1. The number of halogens is 3. The number of pyridine rings is 1. The van der Waals surface area contributed by atoms with E-state index in [4.69, 9.17) is 4.74 Å². The molecule has 1 amide bonds. The summed E-state index contributed by atoms with van der Waals surface area (Å²) < 4.78 is 44.0. The van der Waals surface area contributed by atoms with Gasteiger partial charge in [-0.2, -0.15) is 18.2 Å². The highest BCUT2D eigenvalue weighted by atomic mass is 32.2. The smallest absolute Gasteiger partial charge is 0.417 e. The quantitative estimate of drug-likeness (QED) is 0.684. The molecule has 1 aromatic carbocycles. The van der Waals surface area contributed by atoms with Gasteiger partial charge >= 0.3 is 12.3 Å². The van der Waals surface area contributed by atoms with Gasteiger partial charge in [-0.25, -0.2) is 9.78 Å². The third-order valence-corrected chi connectivity index (χ3v) is 4.26. The van der Waals surface area contributed by atoms with Crippen molar-refractivity contribution in [3.63, 3.8) is 0 Å². The van der Waals surface area contributed by atoms with Crippen LogP contribution in [0.15, 0.2) is 46.3 Å². The molecule has 2 heterocycles. The Hall–Kier alpha value is -2.75. The first kappa shape index (κ1) is 18.1. The summed E-state index contributed by atoms with van der Waals surface area (Å²) in [4.78, 5) is 23.0. The number of H-pyrrole nitrogens is 1. The van der Waals surface area contributed by atoms with Crippen molar-refractivity contribution >= 4 is 35.0 Å². The maximum absolute atomic E-state index is 13.1. The number of anilines is 1. The Morgan fingerprint density at radius 3 is 2.85 bits per heavy atom. The molecule has 136 valence electrons. The van der Waals surface area contributed by atoms with Gasteiger partial charge < -0.3 is 9.72 Å². The Balaban J connectivity index is 1.85. The van der Waals surface area contributed by atoms with Crippen molar-refractivity contribution in [2.75, 3.05) is 11.9 Å². The molecular formula is C16H13F3N4O2S. The molecule has 0 unspecified atom stereocenters. The molecule has 3 rings (SSSR count). The first-order valence-electron chi connectivity index (χ1n) is 7.50. The molecule has 26 heavy (non-hydrogen) atoms.